The molecular formula is C14H15N3O2S. The van der Waals surface area contributed by atoms with Gasteiger partial charge in [-0.05, 0) is 31.4 Å². The van der Waals surface area contributed by atoms with E-state index in [0.717, 1.165) is 29.7 Å². The molecule has 0 bridgehead atoms. The topological polar surface area (TPSA) is 64.1 Å². The highest BCUT2D eigenvalue weighted by molar-refractivity contribution is 7.14. The molecule has 0 amide bonds. The second kappa shape index (κ2) is 5.20. The van der Waals surface area contributed by atoms with Gasteiger partial charge in [0.1, 0.15) is 4.88 Å². The van der Waals surface area contributed by atoms with Gasteiger partial charge in [-0.1, -0.05) is 0 Å². The van der Waals surface area contributed by atoms with E-state index in [0.29, 0.717) is 17.4 Å². The van der Waals surface area contributed by atoms with Crippen LogP contribution in [-0.2, 0) is 17.6 Å². The van der Waals surface area contributed by atoms with Crippen molar-refractivity contribution in [3.63, 3.8) is 0 Å². The average Bonchev–Trinajstić information content (AvgIpc) is 2.91. The van der Waals surface area contributed by atoms with Gasteiger partial charge in [-0.3, -0.25) is 0 Å². The standard InChI is InChI=1S/C14H15N3O2S/c1-3-19-13(18)11-6-9-10(20-11)5-4-8-7-16-14(15-2)17-12(8)9/h6-7H,3-5H2,1-2H3,(H,15,16,17). The lowest BCUT2D eigenvalue weighted by atomic mass is 9.96. The Hall–Kier alpha value is -1.95. The van der Waals surface area contributed by atoms with Crippen molar-refractivity contribution in [3.05, 3.63) is 27.6 Å². The van der Waals surface area contributed by atoms with Gasteiger partial charge in [-0.15, -0.1) is 11.3 Å². The van der Waals surface area contributed by atoms with Gasteiger partial charge in [0, 0.05) is 23.7 Å². The molecule has 0 radical (unpaired) electrons. The molecule has 0 spiro atoms. The SMILES string of the molecule is CCOC(=O)c1cc2c(s1)CCc1cnc(NC)nc1-2. The summed E-state index contributed by atoms with van der Waals surface area (Å²) in [5.41, 5.74) is 3.10. The molecule has 3 rings (SSSR count). The minimum Gasteiger partial charge on any atom is -0.462 e. The summed E-state index contributed by atoms with van der Waals surface area (Å²) in [4.78, 5) is 22.5. The summed E-state index contributed by atoms with van der Waals surface area (Å²) < 4.78 is 5.06. The molecule has 2 aromatic rings. The van der Waals surface area contributed by atoms with Crippen LogP contribution in [0.15, 0.2) is 12.3 Å². The third-order valence-electron chi connectivity index (χ3n) is 3.25. The summed E-state index contributed by atoms with van der Waals surface area (Å²) in [6.45, 7) is 2.21. The number of anilines is 1. The van der Waals surface area contributed by atoms with Crippen LogP contribution in [0.4, 0.5) is 5.95 Å². The highest BCUT2D eigenvalue weighted by atomic mass is 32.1. The van der Waals surface area contributed by atoms with Crippen LogP contribution in [0, 0.1) is 0 Å². The van der Waals surface area contributed by atoms with Crippen molar-refractivity contribution in [1.29, 1.82) is 0 Å². The quantitative estimate of drug-likeness (QED) is 0.880. The minimum atomic E-state index is -0.253. The predicted octanol–water partition coefficient (Wildman–Crippen LogP) is 2.52. The number of rotatable bonds is 3. The Morgan fingerprint density at radius 1 is 1.50 bits per heavy atom. The monoisotopic (exact) mass is 289 g/mol. The van der Waals surface area contributed by atoms with Crippen LogP contribution < -0.4 is 5.32 Å². The molecule has 104 valence electrons. The Labute approximate surface area is 121 Å². The number of ether oxygens (including phenoxy) is 1. The van der Waals surface area contributed by atoms with Gasteiger partial charge in [0.2, 0.25) is 5.95 Å². The van der Waals surface area contributed by atoms with Gasteiger partial charge in [0.05, 0.1) is 12.3 Å². The molecule has 0 fully saturated rings. The smallest absolute Gasteiger partial charge is 0.348 e. The van der Waals surface area contributed by atoms with Crippen LogP contribution >= 0.6 is 11.3 Å². The van der Waals surface area contributed by atoms with Crippen LogP contribution in [0.1, 0.15) is 27.0 Å². The fourth-order valence-electron chi connectivity index (χ4n) is 2.31. The number of nitrogens with zero attached hydrogens (tertiary/aromatic N) is 2. The van der Waals surface area contributed by atoms with Crippen molar-refractivity contribution in [2.45, 2.75) is 19.8 Å². The number of nitrogens with one attached hydrogen (secondary N) is 1. The lowest BCUT2D eigenvalue weighted by Gasteiger charge is -2.15. The van der Waals surface area contributed by atoms with Crippen molar-refractivity contribution in [2.75, 3.05) is 19.0 Å². The molecule has 0 atom stereocenters. The van der Waals surface area contributed by atoms with Gasteiger partial charge in [0.15, 0.2) is 0 Å². The highest BCUT2D eigenvalue weighted by Gasteiger charge is 2.23. The molecule has 1 N–H and O–H groups in total. The summed E-state index contributed by atoms with van der Waals surface area (Å²) in [5, 5.41) is 2.95. The van der Waals surface area contributed by atoms with Crippen LogP contribution in [0.25, 0.3) is 11.3 Å². The third-order valence-corrected chi connectivity index (χ3v) is 4.43. The molecule has 0 aromatic carbocycles. The Kier molecular flexibility index (Phi) is 3.40. The van der Waals surface area contributed by atoms with E-state index < -0.39 is 0 Å². The molecule has 1 aliphatic rings. The van der Waals surface area contributed by atoms with Crippen molar-refractivity contribution < 1.29 is 9.53 Å². The minimum absolute atomic E-state index is 0.253. The van der Waals surface area contributed by atoms with Gasteiger partial charge in [-0.25, -0.2) is 14.8 Å². The van der Waals surface area contributed by atoms with E-state index in [1.165, 1.54) is 16.2 Å². The van der Waals surface area contributed by atoms with E-state index in [4.69, 9.17) is 4.74 Å². The average molecular weight is 289 g/mol. The molecule has 20 heavy (non-hydrogen) atoms. The fraction of sp³-hybridized carbons (Fsp3) is 0.357. The number of fused-ring (bicyclic) bond motifs is 3. The van der Waals surface area contributed by atoms with E-state index in [9.17, 15) is 4.79 Å². The van der Waals surface area contributed by atoms with Crippen LogP contribution in [0.2, 0.25) is 0 Å². The molecule has 2 heterocycles. The first-order valence-electron chi connectivity index (χ1n) is 6.56. The molecule has 0 aliphatic heterocycles. The first-order valence-corrected chi connectivity index (χ1v) is 7.38. The Morgan fingerprint density at radius 3 is 3.10 bits per heavy atom. The lowest BCUT2D eigenvalue weighted by molar-refractivity contribution is 0.0532. The van der Waals surface area contributed by atoms with E-state index in [1.807, 2.05) is 19.2 Å². The van der Waals surface area contributed by atoms with Crippen LogP contribution in [-0.4, -0.2) is 29.6 Å². The summed E-state index contributed by atoms with van der Waals surface area (Å²) in [6.07, 6.45) is 3.70. The molecule has 6 heteroatoms. The number of esters is 1. The summed E-state index contributed by atoms with van der Waals surface area (Å²) in [6, 6.07) is 1.89. The molecule has 0 saturated heterocycles. The third kappa shape index (κ3) is 2.16. The van der Waals surface area contributed by atoms with Gasteiger partial charge >= 0.3 is 5.97 Å². The van der Waals surface area contributed by atoms with Crippen molar-refractivity contribution in [3.8, 4) is 11.3 Å². The summed E-state index contributed by atoms with van der Waals surface area (Å²) >= 11 is 1.51. The molecule has 1 aliphatic carbocycles. The maximum absolute atomic E-state index is 11.8. The maximum atomic E-state index is 11.8. The molecule has 2 aromatic heterocycles. The largest absolute Gasteiger partial charge is 0.462 e. The highest BCUT2D eigenvalue weighted by Crippen LogP contribution is 2.38. The Bertz CT molecular complexity index is 666. The van der Waals surface area contributed by atoms with E-state index in [1.54, 1.807) is 7.05 Å². The number of aromatic nitrogens is 2. The van der Waals surface area contributed by atoms with Crippen molar-refractivity contribution in [2.24, 2.45) is 0 Å². The van der Waals surface area contributed by atoms with E-state index >= 15 is 0 Å². The maximum Gasteiger partial charge on any atom is 0.348 e. The van der Waals surface area contributed by atoms with Crippen molar-refractivity contribution >= 4 is 23.3 Å². The van der Waals surface area contributed by atoms with Gasteiger partial charge in [-0.2, -0.15) is 0 Å². The van der Waals surface area contributed by atoms with Crippen LogP contribution in [0.5, 0.6) is 0 Å². The first-order chi connectivity index (χ1) is 9.72. The summed E-state index contributed by atoms with van der Waals surface area (Å²) in [5.74, 6) is 0.344. The number of hydrogen-bond acceptors (Lipinski definition) is 6. The lowest BCUT2D eigenvalue weighted by Crippen LogP contribution is -2.06. The Morgan fingerprint density at radius 2 is 2.35 bits per heavy atom. The normalized spacial score (nSPS) is 12.5. The zero-order chi connectivity index (χ0) is 14.1. The van der Waals surface area contributed by atoms with Crippen molar-refractivity contribution in [1.82, 2.24) is 9.97 Å². The molecular weight excluding hydrogens is 274 g/mol. The fourth-order valence-corrected chi connectivity index (χ4v) is 3.36. The number of hydrogen-bond donors (Lipinski definition) is 1. The number of aryl methyl sites for hydroxylation is 2. The van der Waals surface area contributed by atoms with E-state index in [-0.39, 0.29) is 5.97 Å². The Balaban J connectivity index is 2.04. The van der Waals surface area contributed by atoms with Gasteiger partial charge < -0.3 is 10.1 Å². The zero-order valence-corrected chi connectivity index (χ0v) is 12.2. The second-order valence-electron chi connectivity index (χ2n) is 4.49. The first kappa shape index (κ1) is 13.1. The summed E-state index contributed by atoms with van der Waals surface area (Å²) in [7, 11) is 1.79. The van der Waals surface area contributed by atoms with Gasteiger partial charge in [0.25, 0.3) is 0 Å². The number of thiophene rings is 1. The van der Waals surface area contributed by atoms with E-state index in [2.05, 4.69) is 15.3 Å². The molecule has 0 unspecified atom stereocenters. The predicted molar refractivity (Wildman–Crippen MR) is 78.3 cm³/mol. The molecule has 5 nitrogen and oxygen atoms in total. The second-order valence-corrected chi connectivity index (χ2v) is 5.62. The van der Waals surface area contributed by atoms with Crippen LogP contribution in [0.3, 0.4) is 0 Å². The number of carbonyl (C=O) groups excluding carboxylic acids is 1. The number of carbonyl (C=O) groups is 1. The zero-order valence-electron chi connectivity index (χ0n) is 11.4. The molecule has 0 saturated carbocycles.